The Kier molecular flexibility index (Phi) is 2.30. The number of amides is 1. The predicted molar refractivity (Wildman–Crippen MR) is 68.0 cm³/mol. The minimum absolute atomic E-state index is 0.0157. The van der Waals surface area contributed by atoms with E-state index in [2.05, 4.69) is 11.4 Å². The smallest absolute Gasteiger partial charge is 0.241 e. The van der Waals surface area contributed by atoms with Gasteiger partial charge >= 0.3 is 0 Å². The molecule has 4 heteroatoms. The molecule has 4 aliphatic rings. The quantitative estimate of drug-likeness (QED) is 0.824. The van der Waals surface area contributed by atoms with Gasteiger partial charge in [0.1, 0.15) is 5.41 Å². The van der Waals surface area contributed by atoms with Gasteiger partial charge in [0, 0.05) is 5.41 Å². The molecule has 4 nitrogen and oxygen atoms in total. The van der Waals surface area contributed by atoms with E-state index in [0.717, 1.165) is 38.5 Å². The van der Waals surface area contributed by atoms with Crippen molar-refractivity contribution in [2.45, 2.75) is 69.6 Å². The summed E-state index contributed by atoms with van der Waals surface area (Å²) in [6.45, 7) is 0. The summed E-state index contributed by atoms with van der Waals surface area (Å²) < 4.78 is 5.77. The van der Waals surface area contributed by atoms with Gasteiger partial charge < -0.3 is 10.1 Å². The number of hydrogen-bond donors (Lipinski definition) is 1. The minimum atomic E-state index is -0.717. The summed E-state index contributed by atoms with van der Waals surface area (Å²) >= 11 is 0. The number of fused-ring (bicyclic) bond motifs is 2. The summed E-state index contributed by atoms with van der Waals surface area (Å²) in [5.74, 6) is -0.0157. The summed E-state index contributed by atoms with van der Waals surface area (Å²) in [6.07, 6.45) is 8.90. The Morgan fingerprint density at radius 2 is 2.11 bits per heavy atom. The van der Waals surface area contributed by atoms with E-state index in [1.165, 1.54) is 12.8 Å². The fraction of sp³-hybridized carbons (Fsp3) is 0.867. The van der Waals surface area contributed by atoms with E-state index in [0.29, 0.717) is 6.10 Å². The minimum Gasteiger partial charge on any atom is -0.373 e. The first-order valence-corrected chi connectivity index (χ1v) is 7.57. The fourth-order valence-electron chi connectivity index (χ4n) is 4.73. The molecule has 0 aromatic rings. The molecule has 2 saturated carbocycles. The Bertz CT molecular complexity index is 463. The van der Waals surface area contributed by atoms with Crippen LogP contribution < -0.4 is 5.32 Å². The van der Waals surface area contributed by atoms with E-state index in [1.807, 2.05) is 0 Å². The highest BCUT2D eigenvalue weighted by Gasteiger charge is 2.73. The van der Waals surface area contributed by atoms with Crippen LogP contribution in [0.1, 0.15) is 51.4 Å². The van der Waals surface area contributed by atoms with Crippen LogP contribution in [0.25, 0.3) is 0 Å². The molecular weight excluding hydrogens is 240 g/mol. The maximum absolute atomic E-state index is 12.6. The third kappa shape index (κ3) is 1.45. The standard InChI is InChI=1S/C15H20N2O2/c16-9-15(8-14(15)5-1-2-6-14)13(18)17-11-7-10-3-4-12(11)19-10/h10-12H,1-8H2,(H,17,18)/t10-,11+,12-,15+/m1/s1. The van der Waals surface area contributed by atoms with Crippen molar-refractivity contribution in [1.29, 1.82) is 5.26 Å². The molecule has 2 aliphatic carbocycles. The van der Waals surface area contributed by atoms with Gasteiger partial charge in [0.15, 0.2) is 0 Å². The zero-order chi connectivity index (χ0) is 13.1. The second kappa shape index (κ2) is 3.73. The molecule has 1 spiro atoms. The molecule has 0 radical (unpaired) electrons. The first-order valence-electron chi connectivity index (χ1n) is 7.57. The molecule has 4 fully saturated rings. The Morgan fingerprint density at radius 1 is 1.32 bits per heavy atom. The van der Waals surface area contributed by atoms with Gasteiger partial charge in [-0.05, 0) is 38.5 Å². The molecule has 2 aliphatic heterocycles. The Labute approximate surface area is 113 Å². The van der Waals surface area contributed by atoms with Crippen molar-refractivity contribution in [3.05, 3.63) is 0 Å². The molecule has 1 amide bonds. The maximum atomic E-state index is 12.6. The molecule has 1 N–H and O–H groups in total. The zero-order valence-corrected chi connectivity index (χ0v) is 11.2. The van der Waals surface area contributed by atoms with E-state index < -0.39 is 5.41 Å². The normalized spacial score (nSPS) is 45.3. The Hall–Kier alpha value is -1.08. The number of nitrogens with one attached hydrogen (secondary N) is 1. The van der Waals surface area contributed by atoms with Crippen LogP contribution in [0.2, 0.25) is 0 Å². The molecule has 2 heterocycles. The van der Waals surface area contributed by atoms with Gasteiger partial charge in [-0.15, -0.1) is 0 Å². The number of nitriles is 1. The predicted octanol–water partition coefficient (Wildman–Crippen LogP) is 1.90. The van der Waals surface area contributed by atoms with Gasteiger partial charge in [0.2, 0.25) is 5.91 Å². The molecule has 0 aromatic heterocycles. The third-order valence-corrected chi connectivity index (χ3v) is 5.95. The van der Waals surface area contributed by atoms with Gasteiger partial charge in [-0.3, -0.25) is 4.79 Å². The van der Waals surface area contributed by atoms with Crippen LogP contribution in [0, 0.1) is 22.2 Å². The second-order valence-electron chi connectivity index (χ2n) is 6.87. The SMILES string of the molecule is N#C[C@]1(C(=O)N[C@H]2C[C@H]3CC[C@H]2O3)CC12CCCC2. The van der Waals surface area contributed by atoms with E-state index in [1.54, 1.807) is 0 Å². The van der Waals surface area contributed by atoms with Crippen molar-refractivity contribution in [1.82, 2.24) is 5.32 Å². The van der Waals surface area contributed by atoms with Crippen LogP contribution >= 0.6 is 0 Å². The van der Waals surface area contributed by atoms with Crippen molar-refractivity contribution in [2.24, 2.45) is 10.8 Å². The van der Waals surface area contributed by atoms with Crippen LogP contribution in [-0.2, 0) is 9.53 Å². The summed E-state index contributed by atoms with van der Waals surface area (Å²) in [5.41, 5.74) is -0.699. The number of carbonyl (C=O) groups is 1. The first-order chi connectivity index (χ1) is 9.19. The highest BCUT2D eigenvalue weighted by Crippen LogP contribution is 2.71. The Balaban J connectivity index is 1.47. The van der Waals surface area contributed by atoms with Crippen LogP contribution in [0.3, 0.4) is 0 Å². The van der Waals surface area contributed by atoms with Gasteiger partial charge in [-0.2, -0.15) is 5.26 Å². The van der Waals surface area contributed by atoms with Gasteiger partial charge in [0.25, 0.3) is 0 Å². The lowest BCUT2D eigenvalue weighted by Crippen LogP contribution is -2.45. The topological polar surface area (TPSA) is 62.1 Å². The third-order valence-electron chi connectivity index (χ3n) is 5.95. The summed E-state index contributed by atoms with van der Waals surface area (Å²) in [7, 11) is 0. The van der Waals surface area contributed by atoms with Crippen molar-refractivity contribution in [2.75, 3.05) is 0 Å². The lowest BCUT2D eigenvalue weighted by Gasteiger charge is -2.23. The van der Waals surface area contributed by atoms with Crippen molar-refractivity contribution in [3.8, 4) is 6.07 Å². The van der Waals surface area contributed by atoms with Crippen molar-refractivity contribution < 1.29 is 9.53 Å². The molecule has 4 rings (SSSR count). The van der Waals surface area contributed by atoms with Crippen molar-refractivity contribution in [3.63, 3.8) is 0 Å². The van der Waals surface area contributed by atoms with Gasteiger partial charge in [-0.1, -0.05) is 12.8 Å². The maximum Gasteiger partial charge on any atom is 0.241 e. The number of nitrogens with zero attached hydrogens (tertiary/aromatic N) is 1. The number of rotatable bonds is 2. The largest absolute Gasteiger partial charge is 0.373 e. The van der Waals surface area contributed by atoms with Crippen LogP contribution in [0.4, 0.5) is 0 Å². The molecule has 2 bridgehead atoms. The lowest BCUT2D eigenvalue weighted by atomic mass is 9.90. The molecule has 2 saturated heterocycles. The van der Waals surface area contributed by atoms with E-state index >= 15 is 0 Å². The Morgan fingerprint density at radius 3 is 2.68 bits per heavy atom. The van der Waals surface area contributed by atoms with Gasteiger partial charge in [0.05, 0.1) is 24.3 Å². The van der Waals surface area contributed by atoms with E-state index in [9.17, 15) is 10.1 Å². The highest BCUT2D eigenvalue weighted by molar-refractivity contribution is 5.90. The van der Waals surface area contributed by atoms with E-state index in [-0.39, 0.29) is 23.5 Å². The molecule has 102 valence electrons. The highest BCUT2D eigenvalue weighted by atomic mass is 16.5. The van der Waals surface area contributed by atoms with Crippen LogP contribution in [-0.4, -0.2) is 24.2 Å². The average Bonchev–Trinajstić information content (AvgIpc) is 2.87. The molecule has 4 atom stereocenters. The first kappa shape index (κ1) is 11.7. The van der Waals surface area contributed by atoms with Crippen LogP contribution in [0.5, 0.6) is 0 Å². The van der Waals surface area contributed by atoms with Gasteiger partial charge in [-0.25, -0.2) is 0 Å². The monoisotopic (exact) mass is 260 g/mol. The van der Waals surface area contributed by atoms with Crippen LogP contribution in [0.15, 0.2) is 0 Å². The number of hydrogen-bond acceptors (Lipinski definition) is 3. The summed E-state index contributed by atoms with van der Waals surface area (Å²) in [4.78, 5) is 12.6. The van der Waals surface area contributed by atoms with Crippen molar-refractivity contribution >= 4 is 5.91 Å². The molecule has 19 heavy (non-hydrogen) atoms. The molecule has 0 unspecified atom stereocenters. The average molecular weight is 260 g/mol. The zero-order valence-electron chi connectivity index (χ0n) is 11.2. The molecule has 0 aromatic carbocycles. The summed E-state index contributed by atoms with van der Waals surface area (Å²) in [5, 5.41) is 12.6. The lowest BCUT2D eigenvalue weighted by molar-refractivity contribution is -0.126. The number of ether oxygens (including phenoxy) is 1. The molecular formula is C15H20N2O2. The summed E-state index contributed by atoms with van der Waals surface area (Å²) in [6, 6.07) is 2.50. The number of carbonyl (C=O) groups excluding carboxylic acids is 1. The second-order valence-corrected chi connectivity index (χ2v) is 6.87. The van der Waals surface area contributed by atoms with E-state index in [4.69, 9.17) is 4.74 Å². The fourth-order valence-corrected chi connectivity index (χ4v) is 4.73.